The molecular weight excluding hydrogens is 461 g/mol. The number of likely N-dealkylation sites (tertiary alicyclic amines) is 1. The molecule has 2 aliphatic rings. The smallest absolute Gasteiger partial charge is 0.317 e. The SMILES string of the molecule is CNC(CNC(=O)N1CCCC(C(O)(CCCCOC)c2cccc(F)c2)C1)CC1(O)CCCCC1. The van der Waals surface area contributed by atoms with Crippen molar-refractivity contribution < 1.29 is 24.1 Å². The van der Waals surface area contributed by atoms with E-state index in [1.807, 2.05) is 7.05 Å². The standard InChI is InChI=1S/C28H46FN3O4/c1-30-25(19-27(34)13-4-3-5-14-27)20-31-26(33)32-16-9-11-23(21-32)28(35,15-6-7-17-36-2)22-10-8-12-24(29)18-22/h8,10,12,18,23,25,30,34-35H,3-7,9,11,13-17,19-21H2,1-2H3,(H,31,33). The predicted octanol–water partition coefficient (Wildman–Crippen LogP) is 3.92. The summed E-state index contributed by atoms with van der Waals surface area (Å²) in [4.78, 5) is 14.9. The van der Waals surface area contributed by atoms with Crippen LogP contribution in [0.4, 0.5) is 9.18 Å². The number of nitrogens with one attached hydrogen (secondary N) is 2. The number of hydrogen-bond donors (Lipinski definition) is 4. The van der Waals surface area contributed by atoms with Crippen LogP contribution in [-0.4, -0.2) is 73.2 Å². The predicted molar refractivity (Wildman–Crippen MR) is 139 cm³/mol. The van der Waals surface area contributed by atoms with Gasteiger partial charge in [-0.1, -0.05) is 31.4 Å². The number of halogens is 1. The maximum Gasteiger partial charge on any atom is 0.317 e. The van der Waals surface area contributed by atoms with Gasteiger partial charge in [-0.15, -0.1) is 0 Å². The summed E-state index contributed by atoms with van der Waals surface area (Å²) in [5.41, 5.74) is -1.30. The van der Waals surface area contributed by atoms with Crippen LogP contribution in [-0.2, 0) is 10.3 Å². The van der Waals surface area contributed by atoms with E-state index >= 15 is 0 Å². The average molecular weight is 508 g/mol. The number of carbonyl (C=O) groups is 1. The van der Waals surface area contributed by atoms with Crippen molar-refractivity contribution >= 4 is 6.03 Å². The number of nitrogens with zero attached hydrogens (tertiary/aromatic N) is 1. The lowest BCUT2D eigenvalue weighted by Gasteiger charge is -2.43. The van der Waals surface area contributed by atoms with Crippen LogP contribution < -0.4 is 10.6 Å². The van der Waals surface area contributed by atoms with Gasteiger partial charge >= 0.3 is 6.03 Å². The van der Waals surface area contributed by atoms with Gasteiger partial charge in [-0.25, -0.2) is 9.18 Å². The largest absolute Gasteiger partial charge is 0.390 e. The first kappa shape index (κ1) is 28.8. The molecule has 0 bridgehead atoms. The van der Waals surface area contributed by atoms with E-state index in [-0.39, 0.29) is 23.8 Å². The van der Waals surface area contributed by atoms with Gasteiger partial charge in [-0.3, -0.25) is 0 Å². The van der Waals surface area contributed by atoms with Gasteiger partial charge in [0.1, 0.15) is 5.82 Å². The van der Waals surface area contributed by atoms with Gasteiger partial charge in [-0.2, -0.15) is 0 Å². The molecule has 8 heteroatoms. The second kappa shape index (κ2) is 13.7. The highest BCUT2D eigenvalue weighted by Gasteiger charge is 2.41. The van der Waals surface area contributed by atoms with Gasteiger partial charge in [0, 0.05) is 45.3 Å². The molecular formula is C28H46FN3O4. The molecule has 2 amide bonds. The maximum atomic E-state index is 14.1. The lowest BCUT2D eigenvalue weighted by molar-refractivity contribution is -0.0565. The first-order valence-corrected chi connectivity index (χ1v) is 13.7. The first-order chi connectivity index (χ1) is 17.3. The molecule has 36 heavy (non-hydrogen) atoms. The first-order valence-electron chi connectivity index (χ1n) is 13.7. The summed E-state index contributed by atoms with van der Waals surface area (Å²) in [6.07, 6.45) is 9.12. The Kier molecular flexibility index (Phi) is 11.0. The van der Waals surface area contributed by atoms with E-state index in [1.165, 1.54) is 18.6 Å². The zero-order valence-electron chi connectivity index (χ0n) is 22.1. The topological polar surface area (TPSA) is 94.1 Å². The number of hydrogen-bond acceptors (Lipinski definition) is 5. The Bertz CT molecular complexity index is 820. The van der Waals surface area contributed by atoms with E-state index in [2.05, 4.69) is 10.6 Å². The van der Waals surface area contributed by atoms with Gasteiger partial charge in [0.05, 0.1) is 11.2 Å². The summed E-state index contributed by atoms with van der Waals surface area (Å²) in [5, 5.41) is 29.1. The molecule has 1 saturated carbocycles. The Morgan fingerprint density at radius 3 is 2.75 bits per heavy atom. The molecule has 2 fully saturated rings. The van der Waals surface area contributed by atoms with Gasteiger partial charge in [-0.05, 0) is 76.1 Å². The van der Waals surface area contributed by atoms with E-state index in [0.717, 1.165) is 51.4 Å². The van der Waals surface area contributed by atoms with Crippen LogP contribution in [0.1, 0.15) is 76.2 Å². The third-order valence-electron chi connectivity index (χ3n) is 8.18. The third-order valence-corrected chi connectivity index (χ3v) is 8.18. The van der Waals surface area contributed by atoms with Crippen LogP contribution in [0.5, 0.6) is 0 Å². The second-order valence-electron chi connectivity index (χ2n) is 10.8. The van der Waals surface area contributed by atoms with Crippen molar-refractivity contribution in [2.45, 2.75) is 87.9 Å². The number of benzene rings is 1. The number of ether oxygens (including phenoxy) is 1. The Hall–Kier alpha value is -1.74. The molecule has 1 aliphatic heterocycles. The molecule has 4 N–H and O–H groups in total. The lowest BCUT2D eigenvalue weighted by atomic mass is 9.74. The maximum absolute atomic E-state index is 14.1. The van der Waals surface area contributed by atoms with Gasteiger partial charge in [0.25, 0.3) is 0 Å². The van der Waals surface area contributed by atoms with Gasteiger partial charge < -0.3 is 30.5 Å². The van der Waals surface area contributed by atoms with Gasteiger partial charge in [0.2, 0.25) is 0 Å². The molecule has 0 aromatic heterocycles. The molecule has 1 aromatic rings. The molecule has 7 nitrogen and oxygen atoms in total. The Morgan fingerprint density at radius 1 is 1.28 bits per heavy atom. The average Bonchev–Trinajstić information content (AvgIpc) is 2.89. The van der Waals surface area contributed by atoms with Crippen LogP contribution in [0, 0.1) is 11.7 Å². The van der Waals surface area contributed by atoms with E-state index in [1.54, 1.807) is 24.1 Å². The third kappa shape index (κ3) is 7.88. The summed E-state index contributed by atoms with van der Waals surface area (Å²) in [5.74, 6) is -0.560. The van der Waals surface area contributed by atoms with Crippen LogP contribution in [0.3, 0.4) is 0 Å². The summed E-state index contributed by atoms with van der Waals surface area (Å²) in [6, 6.07) is 6.06. The fourth-order valence-corrected chi connectivity index (χ4v) is 6.01. The number of urea groups is 1. The van der Waals surface area contributed by atoms with Crippen molar-refractivity contribution in [3.8, 4) is 0 Å². The number of methoxy groups -OCH3 is 1. The Morgan fingerprint density at radius 2 is 2.06 bits per heavy atom. The van der Waals surface area contributed by atoms with E-state index in [9.17, 15) is 19.4 Å². The second-order valence-corrected chi connectivity index (χ2v) is 10.8. The quantitative estimate of drug-likeness (QED) is 0.322. The normalized spacial score (nSPS) is 22.6. The van der Waals surface area contributed by atoms with Crippen LogP contribution >= 0.6 is 0 Å². The number of rotatable bonds is 12. The Labute approximate surface area is 215 Å². The number of unbranched alkanes of at least 4 members (excludes halogenated alkanes) is 1. The fourth-order valence-electron chi connectivity index (χ4n) is 6.01. The molecule has 0 radical (unpaired) electrons. The fraction of sp³-hybridized carbons (Fsp3) is 0.750. The van der Waals surface area contributed by atoms with Crippen molar-refractivity contribution in [2.24, 2.45) is 5.92 Å². The summed E-state index contributed by atoms with van der Waals surface area (Å²) >= 11 is 0. The number of piperidine rings is 1. The zero-order chi connectivity index (χ0) is 26.0. The molecule has 204 valence electrons. The van der Waals surface area contributed by atoms with Crippen LogP contribution in [0.15, 0.2) is 24.3 Å². The number of likely N-dealkylation sites (N-methyl/N-ethyl adjacent to an activating group) is 1. The zero-order valence-corrected chi connectivity index (χ0v) is 22.1. The highest BCUT2D eigenvalue weighted by atomic mass is 19.1. The van der Waals surface area contributed by atoms with Crippen molar-refractivity contribution in [2.75, 3.05) is 40.4 Å². The molecule has 3 atom stereocenters. The molecule has 3 rings (SSSR count). The van der Waals surface area contributed by atoms with Crippen LogP contribution in [0.25, 0.3) is 0 Å². The van der Waals surface area contributed by atoms with E-state index in [4.69, 9.17) is 4.74 Å². The van der Waals surface area contributed by atoms with Gasteiger partial charge in [0.15, 0.2) is 0 Å². The monoisotopic (exact) mass is 507 g/mol. The van der Waals surface area contributed by atoms with Crippen LogP contribution in [0.2, 0.25) is 0 Å². The van der Waals surface area contributed by atoms with E-state index < -0.39 is 11.2 Å². The lowest BCUT2D eigenvalue weighted by Crippen LogP contribution is -2.53. The molecule has 1 aliphatic carbocycles. The highest BCUT2D eigenvalue weighted by Crippen LogP contribution is 2.40. The minimum absolute atomic E-state index is 0.0114. The molecule has 1 heterocycles. The van der Waals surface area contributed by atoms with E-state index in [0.29, 0.717) is 44.6 Å². The number of carbonyl (C=O) groups excluding carboxylic acids is 1. The van der Waals surface area contributed by atoms with Crippen molar-refractivity contribution in [1.29, 1.82) is 0 Å². The Balaban J connectivity index is 1.62. The summed E-state index contributed by atoms with van der Waals surface area (Å²) < 4.78 is 19.2. The molecule has 0 spiro atoms. The molecule has 1 aromatic carbocycles. The minimum atomic E-state index is -1.22. The molecule has 1 saturated heterocycles. The van der Waals surface area contributed by atoms with Crippen molar-refractivity contribution in [3.63, 3.8) is 0 Å². The minimum Gasteiger partial charge on any atom is -0.390 e. The highest BCUT2D eigenvalue weighted by molar-refractivity contribution is 5.74. The number of amides is 2. The molecule has 3 unspecified atom stereocenters. The summed E-state index contributed by atoms with van der Waals surface area (Å²) in [6.45, 7) is 2.08. The number of aliphatic hydroxyl groups is 2. The van der Waals surface area contributed by atoms with Crippen molar-refractivity contribution in [1.82, 2.24) is 15.5 Å². The van der Waals surface area contributed by atoms with Crippen molar-refractivity contribution in [3.05, 3.63) is 35.6 Å². The summed E-state index contributed by atoms with van der Waals surface area (Å²) in [7, 11) is 3.52.